The minimum Gasteiger partial charge on any atom is -0.449 e. The number of rotatable bonds is 2. The molecule has 2 heterocycles. The molecule has 0 atom stereocenters. The highest BCUT2D eigenvalue weighted by atomic mass is 16.2. The molecule has 1 N–H and O–H groups in total. The predicted octanol–water partition coefficient (Wildman–Crippen LogP) is 2.15. The van der Waals surface area contributed by atoms with E-state index in [9.17, 15) is 5.02 Å². The van der Waals surface area contributed by atoms with Gasteiger partial charge >= 0.3 is 7.48 Å². The third kappa shape index (κ3) is 1.84. The van der Waals surface area contributed by atoms with Gasteiger partial charge in [0, 0.05) is 17.0 Å². The molecule has 0 fully saturated rings. The Morgan fingerprint density at radius 2 is 1.67 bits per heavy atom. The highest BCUT2D eigenvalue weighted by Gasteiger charge is 2.12. The summed E-state index contributed by atoms with van der Waals surface area (Å²) in [6, 6.07) is 20.3. The number of para-hydroxylation sites is 1. The van der Waals surface area contributed by atoms with Crippen LogP contribution in [-0.2, 0) is 0 Å². The molecule has 0 bridgehead atoms. The van der Waals surface area contributed by atoms with Crippen molar-refractivity contribution in [1.29, 1.82) is 0 Å². The standard InChI is InChI=1S/C17H13BN2O/c21-18-12-8-9-16-14(11-12)13-5-1-2-6-15(13)20(16)17-7-3-4-10-19-17/h1-11,18,21H. The molecule has 100 valence electrons. The molecular formula is C17H13BN2O. The average molecular weight is 272 g/mol. The molecule has 0 aliphatic heterocycles. The van der Waals surface area contributed by atoms with Crippen LogP contribution in [0.25, 0.3) is 27.6 Å². The SMILES string of the molecule is OBc1ccc2c(c1)c1ccccc1n2-c1ccccn1. The molecule has 0 spiro atoms. The molecule has 0 saturated heterocycles. The fourth-order valence-corrected chi connectivity index (χ4v) is 2.85. The van der Waals surface area contributed by atoms with Gasteiger partial charge < -0.3 is 5.02 Å². The number of benzene rings is 2. The van der Waals surface area contributed by atoms with E-state index in [2.05, 4.69) is 33.8 Å². The topological polar surface area (TPSA) is 38.0 Å². The zero-order valence-electron chi connectivity index (χ0n) is 11.4. The molecule has 4 heteroatoms. The van der Waals surface area contributed by atoms with Crippen molar-refractivity contribution < 1.29 is 5.02 Å². The molecule has 0 unspecified atom stereocenters. The average Bonchev–Trinajstić information content (AvgIpc) is 2.89. The Hall–Kier alpha value is -2.59. The van der Waals surface area contributed by atoms with Crippen LogP contribution >= 0.6 is 0 Å². The summed E-state index contributed by atoms with van der Waals surface area (Å²) >= 11 is 0. The smallest absolute Gasteiger partial charge is 0.304 e. The normalized spacial score (nSPS) is 11.1. The first kappa shape index (κ1) is 12.2. The minimum atomic E-state index is 0.0546. The summed E-state index contributed by atoms with van der Waals surface area (Å²) in [6.07, 6.45) is 1.80. The lowest BCUT2D eigenvalue weighted by Gasteiger charge is -2.06. The van der Waals surface area contributed by atoms with Gasteiger partial charge in [-0.05, 0) is 24.3 Å². The maximum atomic E-state index is 9.37. The summed E-state index contributed by atoms with van der Waals surface area (Å²) in [7, 11) is 0.0546. The lowest BCUT2D eigenvalue weighted by Crippen LogP contribution is -2.12. The van der Waals surface area contributed by atoms with Crippen LogP contribution in [0, 0.1) is 0 Å². The number of nitrogens with zero attached hydrogens (tertiary/aromatic N) is 2. The highest BCUT2D eigenvalue weighted by Crippen LogP contribution is 2.30. The van der Waals surface area contributed by atoms with Crippen molar-refractivity contribution >= 4 is 34.8 Å². The van der Waals surface area contributed by atoms with Gasteiger partial charge in [0.15, 0.2) is 0 Å². The van der Waals surface area contributed by atoms with Gasteiger partial charge in [0.05, 0.1) is 11.0 Å². The van der Waals surface area contributed by atoms with Crippen LogP contribution in [0.5, 0.6) is 0 Å². The Bertz CT molecular complexity index is 931. The van der Waals surface area contributed by atoms with Crippen molar-refractivity contribution in [3.8, 4) is 5.82 Å². The van der Waals surface area contributed by atoms with E-state index in [-0.39, 0.29) is 7.48 Å². The fraction of sp³-hybridized carbons (Fsp3) is 0. The first-order valence-electron chi connectivity index (χ1n) is 6.93. The third-order valence-corrected chi connectivity index (χ3v) is 3.80. The third-order valence-electron chi connectivity index (χ3n) is 3.80. The van der Waals surface area contributed by atoms with Gasteiger partial charge in [0.2, 0.25) is 0 Å². The maximum absolute atomic E-state index is 9.37. The molecular weight excluding hydrogens is 259 g/mol. The van der Waals surface area contributed by atoms with Crippen molar-refractivity contribution in [2.75, 3.05) is 0 Å². The zero-order chi connectivity index (χ0) is 14.2. The molecule has 0 aliphatic rings. The second-order valence-electron chi connectivity index (χ2n) is 5.05. The number of aromatic nitrogens is 2. The Kier molecular flexibility index (Phi) is 2.76. The maximum Gasteiger partial charge on any atom is 0.304 e. The van der Waals surface area contributed by atoms with Gasteiger partial charge in [0.1, 0.15) is 5.82 Å². The second-order valence-corrected chi connectivity index (χ2v) is 5.05. The Labute approximate surface area is 122 Å². The molecule has 4 aromatic rings. The lowest BCUT2D eigenvalue weighted by molar-refractivity contribution is 0.615. The molecule has 2 aromatic heterocycles. The Balaban J connectivity index is 2.17. The molecule has 0 aliphatic carbocycles. The van der Waals surface area contributed by atoms with Crippen molar-refractivity contribution in [3.63, 3.8) is 0 Å². The van der Waals surface area contributed by atoms with E-state index in [1.807, 2.05) is 36.4 Å². The van der Waals surface area contributed by atoms with Gasteiger partial charge in [-0.2, -0.15) is 0 Å². The van der Waals surface area contributed by atoms with E-state index in [0.29, 0.717) is 0 Å². The highest BCUT2D eigenvalue weighted by molar-refractivity contribution is 6.46. The van der Waals surface area contributed by atoms with Crippen molar-refractivity contribution in [3.05, 3.63) is 66.9 Å². The fourth-order valence-electron chi connectivity index (χ4n) is 2.85. The molecule has 4 rings (SSSR count). The van der Waals surface area contributed by atoms with Crippen molar-refractivity contribution in [1.82, 2.24) is 9.55 Å². The summed E-state index contributed by atoms with van der Waals surface area (Å²) in [5.74, 6) is 0.903. The molecule has 0 amide bonds. The lowest BCUT2D eigenvalue weighted by atomic mass is 9.88. The van der Waals surface area contributed by atoms with Gasteiger partial charge in [-0.3, -0.25) is 4.57 Å². The molecule has 21 heavy (non-hydrogen) atoms. The summed E-state index contributed by atoms with van der Waals surface area (Å²) < 4.78 is 2.16. The summed E-state index contributed by atoms with van der Waals surface area (Å²) in [6.45, 7) is 0. The van der Waals surface area contributed by atoms with E-state index >= 15 is 0 Å². The molecule has 0 saturated carbocycles. The van der Waals surface area contributed by atoms with E-state index in [1.165, 1.54) is 5.39 Å². The van der Waals surface area contributed by atoms with Crippen molar-refractivity contribution in [2.24, 2.45) is 0 Å². The van der Waals surface area contributed by atoms with E-state index < -0.39 is 0 Å². The summed E-state index contributed by atoms with van der Waals surface area (Å²) in [4.78, 5) is 4.48. The van der Waals surface area contributed by atoms with Crippen LogP contribution in [0.4, 0.5) is 0 Å². The first-order valence-corrected chi connectivity index (χ1v) is 6.93. The molecule has 0 radical (unpaired) electrons. The van der Waals surface area contributed by atoms with E-state index in [1.54, 1.807) is 6.20 Å². The van der Waals surface area contributed by atoms with Gasteiger partial charge in [-0.25, -0.2) is 4.98 Å². The van der Waals surface area contributed by atoms with E-state index in [0.717, 1.165) is 27.7 Å². The van der Waals surface area contributed by atoms with Crippen LogP contribution in [0.2, 0.25) is 0 Å². The number of pyridine rings is 1. The van der Waals surface area contributed by atoms with Gasteiger partial charge in [-0.1, -0.05) is 41.9 Å². The monoisotopic (exact) mass is 272 g/mol. The van der Waals surface area contributed by atoms with Crippen molar-refractivity contribution in [2.45, 2.75) is 0 Å². The molecule has 3 nitrogen and oxygen atoms in total. The van der Waals surface area contributed by atoms with Crippen LogP contribution in [-0.4, -0.2) is 22.1 Å². The number of hydrogen-bond donors (Lipinski definition) is 1. The van der Waals surface area contributed by atoms with E-state index in [4.69, 9.17) is 0 Å². The quantitative estimate of drug-likeness (QED) is 0.568. The van der Waals surface area contributed by atoms with Crippen LogP contribution in [0.15, 0.2) is 66.9 Å². The molecule has 2 aromatic carbocycles. The van der Waals surface area contributed by atoms with Crippen LogP contribution in [0.1, 0.15) is 0 Å². The second kappa shape index (κ2) is 4.75. The van der Waals surface area contributed by atoms with Gasteiger partial charge in [-0.15, -0.1) is 0 Å². The number of hydrogen-bond acceptors (Lipinski definition) is 2. The first-order chi connectivity index (χ1) is 10.4. The predicted molar refractivity (Wildman–Crippen MR) is 87.6 cm³/mol. The van der Waals surface area contributed by atoms with Gasteiger partial charge in [0.25, 0.3) is 0 Å². The minimum absolute atomic E-state index is 0.0546. The summed E-state index contributed by atoms with van der Waals surface area (Å²) in [5.41, 5.74) is 3.15. The zero-order valence-corrected chi connectivity index (χ0v) is 11.4. The van der Waals surface area contributed by atoms with Crippen LogP contribution < -0.4 is 5.46 Å². The summed E-state index contributed by atoms with van der Waals surface area (Å²) in [5, 5.41) is 11.7. The van der Waals surface area contributed by atoms with Crippen LogP contribution in [0.3, 0.4) is 0 Å². The largest absolute Gasteiger partial charge is 0.449 e. The Morgan fingerprint density at radius 1 is 0.857 bits per heavy atom. The Morgan fingerprint density at radius 3 is 2.48 bits per heavy atom. The number of fused-ring (bicyclic) bond motifs is 3.